The van der Waals surface area contributed by atoms with E-state index in [4.69, 9.17) is 0 Å². The first kappa shape index (κ1) is 10.8. The third kappa shape index (κ3) is 1.96. The van der Waals surface area contributed by atoms with Gasteiger partial charge in [0, 0.05) is 18.2 Å². The maximum Gasteiger partial charge on any atom is 0.305 e. The van der Waals surface area contributed by atoms with Crippen LogP contribution in [0, 0.1) is 10.1 Å². The summed E-state index contributed by atoms with van der Waals surface area (Å²) in [4.78, 5) is 30.2. The minimum atomic E-state index is -0.586. The molecule has 0 saturated carbocycles. The summed E-state index contributed by atoms with van der Waals surface area (Å²) in [6.07, 6.45) is 2.51. The van der Waals surface area contributed by atoms with Gasteiger partial charge in [0.25, 0.3) is 0 Å². The van der Waals surface area contributed by atoms with Crippen molar-refractivity contribution in [1.29, 1.82) is 0 Å². The Morgan fingerprint density at radius 2 is 2.12 bits per heavy atom. The molecule has 8 heteroatoms. The van der Waals surface area contributed by atoms with E-state index in [1.165, 1.54) is 4.90 Å². The second kappa shape index (κ2) is 4.05. The van der Waals surface area contributed by atoms with Gasteiger partial charge in [-0.1, -0.05) is 0 Å². The zero-order valence-corrected chi connectivity index (χ0v) is 9.00. The van der Waals surface area contributed by atoms with Crippen LogP contribution in [0.1, 0.15) is 6.42 Å². The molecule has 1 aliphatic heterocycles. The van der Waals surface area contributed by atoms with Crippen molar-refractivity contribution in [2.45, 2.75) is 11.7 Å². The Morgan fingerprint density at radius 1 is 1.50 bits per heavy atom. The number of nitro groups is 1. The Bertz CT molecular complexity index is 435. The van der Waals surface area contributed by atoms with Gasteiger partial charge in [0.15, 0.2) is 0 Å². The summed E-state index contributed by atoms with van der Waals surface area (Å²) in [7, 11) is 0. The first-order valence-corrected chi connectivity index (χ1v) is 5.04. The van der Waals surface area contributed by atoms with Gasteiger partial charge < -0.3 is 0 Å². The first-order valence-electron chi connectivity index (χ1n) is 4.53. The van der Waals surface area contributed by atoms with Crippen molar-refractivity contribution >= 4 is 30.2 Å². The molecule has 2 rings (SSSR count). The molecule has 1 saturated heterocycles. The zero-order valence-electron chi connectivity index (χ0n) is 8.11. The van der Waals surface area contributed by atoms with E-state index in [9.17, 15) is 14.9 Å². The van der Waals surface area contributed by atoms with Crippen molar-refractivity contribution in [1.82, 2.24) is 9.97 Å². The first-order chi connectivity index (χ1) is 7.58. The summed E-state index contributed by atoms with van der Waals surface area (Å²) < 4.78 is 0. The zero-order chi connectivity index (χ0) is 11.7. The summed E-state index contributed by atoms with van der Waals surface area (Å²) in [6, 6.07) is 0. The van der Waals surface area contributed by atoms with Crippen molar-refractivity contribution in [3.63, 3.8) is 0 Å². The van der Waals surface area contributed by atoms with E-state index in [-0.39, 0.29) is 22.8 Å². The van der Waals surface area contributed by atoms with Gasteiger partial charge in [-0.15, -0.1) is 0 Å². The van der Waals surface area contributed by atoms with Crippen LogP contribution in [-0.2, 0) is 4.79 Å². The molecule has 7 nitrogen and oxygen atoms in total. The van der Waals surface area contributed by atoms with Crippen molar-refractivity contribution in [2.24, 2.45) is 0 Å². The lowest BCUT2D eigenvalue weighted by Gasteiger charge is -2.12. The molecular formula is C8H8N4O3S. The highest BCUT2D eigenvalue weighted by Gasteiger charge is 2.30. The molecule has 1 fully saturated rings. The molecule has 16 heavy (non-hydrogen) atoms. The highest BCUT2D eigenvalue weighted by atomic mass is 32.1. The largest absolute Gasteiger partial charge is 0.305 e. The van der Waals surface area contributed by atoms with E-state index in [0.717, 1.165) is 12.4 Å². The normalized spacial score (nSPS) is 20.2. The van der Waals surface area contributed by atoms with Crippen LogP contribution in [0.4, 0.5) is 11.6 Å². The Labute approximate surface area is 96.1 Å². The topological polar surface area (TPSA) is 89.2 Å². The maximum atomic E-state index is 11.5. The number of thiol groups is 1. The van der Waals surface area contributed by atoms with Gasteiger partial charge in [-0.05, 0) is 0 Å². The molecule has 0 aliphatic carbocycles. The van der Waals surface area contributed by atoms with E-state index in [2.05, 4.69) is 22.6 Å². The fraction of sp³-hybridized carbons (Fsp3) is 0.375. The molecule has 0 N–H and O–H groups in total. The average molecular weight is 240 g/mol. The van der Waals surface area contributed by atoms with Crippen LogP contribution in [0.3, 0.4) is 0 Å². The van der Waals surface area contributed by atoms with Crippen molar-refractivity contribution in [3.05, 3.63) is 22.5 Å². The van der Waals surface area contributed by atoms with Crippen LogP contribution in [-0.4, -0.2) is 32.6 Å². The maximum absolute atomic E-state index is 11.5. The predicted molar refractivity (Wildman–Crippen MR) is 58.4 cm³/mol. The Balaban J connectivity index is 2.22. The van der Waals surface area contributed by atoms with Gasteiger partial charge in [0.2, 0.25) is 11.9 Å². The Morgan fingerprint density at radius 3 is 2.56 bits per heavy atom. The van der Waals surface area contributed by atoms with Gasteiger partial charge in [-0.2, -0.15) is 12.6 Å². The third-order valence-electron chi connectivity index (χ3n) is 2.18. The molecule has 84 valence electrons. The molecule has 1 amide bonds. The van der Waals surface area contributed by atoms with Crippen LogP contribution in [0.2, 0.25) is 0 Å². The highest BCUT2D eigenvalue weighted by Crippen LogP contribution is 2.21. The van der Waals surface area contributed by atoms with Crippen LogP contribution < -0.4 is 4.90 Å². The van der Waals surface area contributed by atoms with E-state index < -0.39 is 4.92 Å². The molecule has 0 bridgehead atoms. The highest BCUT2D eigenvalue weighted by molar-refractivity contribution is 7.81. The molecule has 1 atom stereocenters. The quantitative estimate of drug-likeness (QED) is 0.459. The second-order valence-corrected chi connectivity index (χ2v) is 4.09. The molecule has 1 aromatic heterocycles. The molecule has 1 aromatic rings. The predicted octanol–water partition coefficient (Wildman–Crippen LogP) is 0.420. The van der Waals surface area contributed by atoms with Crippen LogP contribution in [0.15, 0.2) is 12.4 Å². The molecule has 2 heterocycles. The molecule has 0 spiro atoms. The summed E-state index contributed by atoms with van der Waals surface area (Å²) in [6.45, 7) is 0.430. The number of hydrogen-bond acceptors (Lipinski definition) is 6. The smallest absolute Gasteiger partial charge is 0.280 e. The summed E-state index contributed by atoms with van der Waals surface area (Å²) in [5.41, 5.74) is -0.196. The average Bonchev–Trinajstić information content (AvgIpc) is 2.58. The second-order valence-electron chi connectivity index (χ2n) is 3.36. The Kier molecular flexibility index (Phi) is 2.73. The van der Waals surface area contributed by atoms with Crippen molar-refractivity contribution in [2.75, 3.05) is 11.4 Å². The number of anilines is 1. The van der Waals surface area contributed by atoms with Gasteiger partial charge in [-0.25, -0.2) is 9.97 Å². The van der Waals surface area contributed by atoms with E-state index in [1.807, 2.05) is 0 Å². The van der Waals surface area contributed by atoms with Gasteiger partial charge in [0.1, 0.15) is 12.4 Å². The molecule has 0 aromatic carbocycles. The fourth-order valence-corrected chi connectivity index (χ4v) is 1.75. The molecule has 0 radical (unpaired) electrons. The molecule has 1 unspecified atom stereocenters. The lowest BCUT2D eigenvalue weighted by atomic mass is 10.4. The van der Waals surface area contributed by atoms with Gasteiger partial charge in [0.05, 0.1) is 4.92 Å². The number of aromatic nitrogens is 2. The summed E-state index contributed by atoms with van der Waals surface area (Å²) in [5, 5.41) is 10.3. The van der Waals surface area contributed by atoms with E-state index >= 15 is 0 Å². The standard InChI is InChI=1S/C8H8N4O3S/c13-7-1-6(16)4-11(7)8-9-2-5(3-10-8)12(14)15/h2-3,6,16H,1,4H2. The van der Waals surface area contributed by atoms with Crippen LogP contribution in [0.5, 0.6) is 0 Å². The Hall–Kier alpha value is -1.70. The van der Waals surface area contributed by atoms with E-state index in [1.54, 1.807) is 0 Å². The van der Waals surface area contributed by atoms with Gasteiger partial charge in [-0.3, -0.25) is 19.8 Å². The van der Waals surface area contributed by atoms with Crippen LogP contribution >= 0.6 is 12.6 Å². The summed E-state index contributed by atoms with van der Waals surface area (Å²) >= 11 is 4.19. The number of nitrogens with zero attached hydrogens (tertiary/aromatic N) is 4. The van der Waals surface area contributed by atoms with Crippen molar-refractivity contribution in [3.8, 4) is 0 Å². The SMILES string of the molecule is O=C1CC(S)CN1c1ncc([N+](=O)[O-])cn1. The molecule has 1 aliphatic rings. The number of hydrogen-bond donors (Lipinski definition) is 1. The third-order valence-corrected chi connectivity index (χ3v) is 2.53. The lowest BCUT2D eigenvalue weighted by molar-refractivity contribution is -0.385. The van der Waals surface area contributed by atoms with Crippen molar-refractivity contribution < 1.29 is 9.72 Å². The van der Waals surface area contributed by atoms with Gasteiger partial charge >= 0.3 is 5.69 Å². The lowest BCUT2D eigenvalue weighted by Crippen LogP contribution is -2.26. The number of carbonyl (C=O) groups is 1. The number of rotatable bonds is 2. The van der Waals surface area contributed by atoms with E-state index in [0.29, 0.717) is 13.0 Å². The number of amides is 1. The minimum Gasteiger partial charge on any atom is -0.280 e. The minimum absolute atomic E-state index is 0.0358. The fourth-order valence-electron chi connectivity index (χ4n) is 1.43. The molecular weight excluding hydrogens is 232 g/mol. The number of carbonyl (C=O) groups excluding carboxylic acids is 1. The van der Waals surface area contributed by atoms with Crippen LogP contribution in [0.25, 0.3) is 0 Å². The summed E-state index contributed by atoms with van der Waals surface area (Å²) in [5.74, 6) is 0.0704. The monoisotopic (exact) mass is 240 g/mol.